The van der Waals surface area contributed by atoms with Gasteiger partial charge in [-0.05, 0) is 55.1 Å². The molecule has 152 valence electrons. The number of carbonyl (C=O) groups is 1. The number of hydrogen-bond acceptors (Lipinski definition) is 6. The fraction of sp³-hybridized carbons (Fsp3) is 0.524. The molecule has 7 heteroatoms. The molecular weight excluding hydrogens is 372 g/mol. The monoisotopic (exact) mass is 402 g/mol. The molecule has 1 saturated heterocycles. The van der Waals surface area contributed by atoms with E-state index in [4.69, 9.17) is 10.5 Å². The average Bonchev–Trinajstić information content (AvgIpc) is 3.20. The van der Waals surface area contributed by atoms with Gasteiger partial charge >= 0.3 is 0 Å². The van der Waals surface area contributed by atoms with E-state index in [1.165, 1.54) is 5.56 Å². The zero-order valence-electron chi connectivity index (χ0n) is 16.7. The van der Waals surface area contributed by atoms with Crippen molar-refractivity contribution in [3.63, 3.8) is 0 Å². The first kappa shape index (κ1) is 20.6. The Morgan fingerprint density at radius 2 is 2.18 bits per heavy atom. The Balaban J connectivity index is 1.70. The van der Waals surface area contributed by atoms with Crippen LogP contribution in [0, 0.1) is 0 Å². The summed E-state index contributed by atoms with van der Waals surface area (Å²) in [7, 11) is 0. The minimum absolute atomic E-state index is 0.205. The molecule has 0 unspecified atom stereocenters. The van der Waals surface area contributed by atoms with Crippen molar-refractivity contribution >= 4 is 22.9 Å². The van der Waals surface area contributed by atoms with E-state index < -0.39 is 0 Å². The van der Waals surface area contributed by atoms with Gasteiger partial charge in [0.1, 0.15) is 0 Å². The van der Waals surface area contributed by atoms with E-state index in [1.54, 1.807) is 11.3 Å². The molecule has 3 heterocycles. The SMILES string of the molecule is CCOc1ccc(N(Cc2ccsc2)C2CCN([C@H](C)CC(N)=O)CC2)cn1. The first-order chi connectivity index (χ1) is 13.6. The Hall–Kier alpha value is -2.12. The maximum atomic E-state index is 11.2. The molecule has 6 nitrogen and oxygen atoms in total. The standard InChI is InChI=1S/C21H30N4O2S/c1-3-27-21-5-4-19(13-23-21)25(14-17-8-11-28-15-17)18-6-9-24(10-7-18)16(2)12-20(22)26/h4-5,8,11,13,15-16,18H,3,6-7,9-10,12,14H2,1-2H3,(H2,22,26)/t16-/m1/s1. The lowest BCUT2D eigenvalue weighted by molar-refractivity contribution is -0.119. The number of thiophene rings is 1. The molecule has 1 atom stereocenters. The van der Waals surface area contributed by atoms with Crippen LogP contribution in [-0.2, 0) is 11.3 Å². The topological polar surface area (TPSA) is 71.7 Å². The van der Waals surface area contributed by atoms with Crippen molar-refractivity contribution in [2.45, 2.75) is 51.7 Å². The lowest BCUT2D eigenvalue weighted by Gasteiger charge is -2.41. The molecule has 28 heavy (non-hydrogen) atoms. The second-order valence-electron chi connectivity index (χ2n) is 7.33. The molecule has 0 aromatic carbocycles. The van der Waals surface area contributed by atoms with Crippen molar-refractivity contribution in [3.8, 4) is 5.88 Å². The summed E-state index contributed by atoms with van der Waals surface area (Å²) in [5, 5.41) is 4.33. The fourth-order valence-corrected chi connectivity index (χ4v) is 4.50. The van der Waals surface area contributed by atoms with Crippen LogP contribution in [0.4, 0.5) is 5.69 Å². The molecule has 1 aliphatic rings. The number of ether oxygens (including phenoxy) is 1. The van der Waals surface area contributed by atoms with E-state index in [0.29, 0.717) is 24.9 Å². The van der Waals surface area contributed by atoms with Crippen molar-refractivity contribution in [2.75, 3.05) is 24.6 Å². The summed E-state index contributed by atoms with van der Waals surface area (Å²) < 4.78 is 5.49. The van der Waals surface area contributed by atoms with E-state index in [-0.39, 0.29) is 11.9 Å². The van der Waals surface area contributed by atoms with Gasteiger partial charge in [0.2, 0.25) is 11.8 Å². The van der Waals surface area contributed by atoms with Gasteiger partial charge in [-0.2, -0.15) is 11.3 Å². The summed E-state index contributed by atoms with van der Waals surface area (Å²) >= 11 is 1.73. The number of nitrogens with two attached hydrogens (primary N) is 1. The molecule has 1 amide bonds. The lowest BCUT2D eigenvalue weighted by Crippen LogP contribution is -2.48. The molecule has 1 aliphatic heterocycles. The molecule has 3 rings (SSSR count). The Bertz CT molecular complexity index is 727. The fourth-order valence-electron chi connectivity index (χ4n) is 3.84. The Labute approximate surface area is 171 Å². The molecule has 0 aliphatic carbocycles. The molecule has 0 saturated carbocycles. The Morgan fingerprint density at radius 1 is 1.39 bits per heavy atom. The van der Waals surface area contributed by atoms with Crippen molar-refractivity contribution in [3.05, 3.63) is 40.7 Å². The van der Waals surface area contributed by atoms with Gasteiger partial charge in [0, 0.05) is 44.2 Å². The van der Waals surface area contributed by atoms with Gasteiger partial charge in [-0.25, -0.2) is 4.98 Å². The number of likely N-dealkylation sites (tertiary alicyclic amines) is 1. The van der Waals surface area contributed by atoms with Crippen molar-refractivity contribution < 1.29 is 9.53 Å². The zero-order chi connectivity index (χ0) is 19.9. The van der Waals surface area contributed by atoms with E-state index in [1.807, 2.05) is 19.2 Å². The Kier molecular flexibility index (Phi) is 7.28. The normalized spacial score (nSPS) is 16.6. The maximum Gasteiger partial charge on any atom is 0.218 e. The smallest absolute Gasteiger partial charge is 0.218 e. The van der Waals surface area contributed by atoms with Crippen LogP contribution in [0.5, 0.6) is 5.88 Å². The predicted molar refractivity (Wildman–Crippen MR) is 114 cm³/mol. The summed E-state index contributed by atoms with van der Waals surface area (Å²) in [5.41, 5.74) is 7.82. The van der Waals surface area contributed by atoms with Crippen LogP contribution < -0.4 is 15.4 Å². The third-order valence-corrected chi connectivity index (χ3v) is 6.07. The van der Waals surface area contributed by atoms with Gasteiger partial charge < -0.3 is 15.4 Å². The summed E-state index contributed by atoms with van der Waals surface area (Å²) in [6.07, 6.45) is 4.45. The molecule has 1 fully saturated rings. The van der Waals surface area contributed by atoms with Crippen LogP contribution in [0.2, 0.25) is 0 Å². The summed E-state index contributed by atoms with van der Waals surface area (Å²) in [5.74, 6) is 0.436. The minimum atomic E-state index is -0.228. The van der Waals surface area contributed by atoms with Crippen LogP contribution in [0.25, 0.3) is 0 Å². The van der Waals surface area contributed by atoms with Gasteiger partial charge in [0.05, 0.1) is 18.5 Å². The van der Waals surface area contributed by atoms with Gasteiger partial charge in [-0.15, -0.1) is 0 Å². The highest BCUT2D eigenvalue weighted by molar-refractivity contribution is 7.07. The van der Waals surface area contributed by atoms with E-state index in [0.717, 1.165) is 38.2 Å². The van der Waals surface area contributed by atoms with Gasteiger partial charge in [0.15, 0.2) is 0 Å². The largest absolute Gasteiger partial charge is 0.478 e. The van der Waals surface area contributed by atoms with Crippen LogP contribution in [0.15, 0.2) is 35.2 Å². The second kappa shape index (κ2) is 9.89. The van der Waals surface area contributed by atoms with Crippen molar-refractivity contribution in [1.29, 1.82) is 0 Å². The summed E-state index contributed by atoms with van der Waals surface area (Å²) in [4.78, 5) is 20.5. The number of anilines is 1. The van der Waals surface area contributed by atoms with E-state index in [2.05, 4.69) is 44.6 Å². The lowest BCUT2D eigenvalue weighted by atomic mass is 9.99. The quantitative estimate of drug-likeness (QED) is 0.697. The second-order valence-corrected chi connectivity index (χ2v) is 8.11. The highest BCUT2D eigenvalue weighted by atomic mass is 32.1. The zero-order valence-corrected chi connectivity index (χ0v) is 17.5. The van der Waals surface area contributed by atoms with Gasteiger partial charge in [-0.3, -0.25) is 9.69 Å². The van der Waals surface area contributed by atoms with Crippen LogP contribution >= 0.6 is 11.3 Å². The number of pyridine rings is 1. The number of primary amides is 1. The molecule has 0 bridgehead atoms. The third kappa shape index (κ3) is 5.45. The highest BCUT2D eigenvalue weighted by Gasteiger charge is 2.28. The molecular formula is C21H30N4O2S. The number of hydrogen-bond donors (Lipinski definition) is 1. The van der Waals surface area contributed by atoms with E-state index in [9.17, 15) is 4.79 Å². The summed E-state index contributed by atoms with van der Waals surface area (Å²) in [6.45, 7) is 7.50. The van der Waals surface area contributed by atoms with Gasteiger partial charge in [-0.1, -0.05) is 0 Å². The number of carbonyl (C=O) groups excluding carboxylic acids is 1. The van der Waals surface area contributed by atoms with Crippen LogP contribution in [-0.4, -0.2) is 47.6 Å². The maximum absolute atomic E-state index is 11.2. The van der Waals surface area contributed by atoms with Crippen LogP contribution in [0.3, 0.4) is 0 Å². The molecule has 2 aromatic heterocycles. The number of nitrogens with zero attached hydrogens (tertiary/aromatic N) is 3. The average molecular weight is 403 g/mol. The first-order valence-corrected chi connectivity index (χ1v) is 10.9. The summed E-state index contributed by atoms with van der Waals surface area (Å²) in [6, 6.07) is 6.88. The molecule has 0 radical (unpaired) electrons. The number of rotatable bonds is 9. The highest BCUT2D eigenvalue weighted by Crippen LogP contribution is 2.28. The minimum Gasteiger partial charge on any atom is -0.478 e. The van der Waals surface area contributed by atoms with Crippen LogP contribution in [0.1, 0.15) is 38.7 Å². The number of amides is 1. The molecule has 2 aromatic rings. The first-order valence-electron chi connectivity index (χ1n) is 9.95. The Morgan fingerprint density at radius 3 is 2.75 bits per heavy atom. The number of aromatic nitrogens is 1. The number of piperidine rings is 1. The van der Waals surface area contributed by atoms with E-state index >= 15 is 0 Å². The van der Waals surface area contributed by atoms with Crippen molar-refractivity contribution in [1.82, 2.24) is 9.88 Å². The molecule has 2 N–H and O–H groups in total. The predicted octanol–water partition coefficient (Wildman–Crippen LogP) is 3.28. The van der Waals surface area contributed by atoms with Crippen molar-refractivity contribution in [2.24, 2.45) is 5.73 Å². The van der Waals surface area contributed by atoms with Gasteiger partial charge in [0.25, 0.3) is 0 Å². The molecule has 0 spiro atoms. The third-order valence-electron chi connectivity index (χ3n) is 5.34.